The van der Waals surface area contributed by atoms with E-state index in [-0.39, 0.29) is 5.75 Å². The second-order valence-electron chi connectivity index (χ2n) is 4.07. The zero-order valence-electron chi connectivity index (χ0n) is 11.0. The number of halogens is 1. The monoisotopic (exact) mass is 333 g/mol. The van der Waals surface area contributed by atoms with Gasteiger partial charge in [-0.25, -0.2) is 0 Å². The topological polar surface area (TPSA) is 41.5 Å². The molecule has 18 heavy (non-hydrogen) atoms. The number of methoxy groups -OCH3 is 1. The van der Waals surface area contributed by atoms with Gasteiger partial charge in [-0.15, -0.1) is 0 Å². The zero-order chi connectivity index (χ0) is 13.5. The van der Waals surface area contributed by atoms with Crippen molar-refractivity contribution in [3.05, 3.63) is 22.2 Å². The van der Waals surface area contributed by atoms with Crippen molar-refractivity contribution in [1.82, 2.24) is 5.32 Å². The van der Waals surface area contributed by atoms with E-state index in [1.807, 2.05) is 23.9 Å². The van der Waals surface area contributed by atoms with Gasteiger partial charge in [-0.1, -0.05) is 6.92 Å². The lowest BCUT2D eigenvalue weighted by Crippen LogP contribution is -2.27. The van der Waals surface area contributed by atoms with Gasteiger partial charge in [0.05, 0.1) is 11.6 Å². The number of phenols is 1. The molecule has 2 N–H and O–H groups in total. The smallest absolute Gasteiger partial charge is 0.172 e. The number of benzene rings is 1. The van der Waals surface area contributed by atoms with E-state index in [9.17, 15) is 5.11 Å². The van der Waals surface area contributed by atoms with Gasteiger partial charge >= 0.3 is 0 Å². The molecule has 0 spiro atoms. The van der Waals surface area contributed by atoms with Crippen molar-refractivity contribution >= 4 is 27.7 Å². The molecule has 0 saturated carbocycles. The predicted octanol–water partition coefficient (Wildman–Crippen LogP) is 3.39. The molecule has 0 radical (unpaired) electrons. The summed E-state index contributed by atoms with van der Waals surface area (Å²) in [5.41, 5.74) is 1.09. The summed E-state index contributed by atoms with van der Waals surface area (Å²) in [6, 6.07) is 4.23. The van der Waals surface area contributed by atoms with Crippen molar-refractivity contribution < 1.29 is 9.84 Å². The fraction of sp³-hybridized carbons (Fsp3) is 0.538. The lowest BCUT2D eigenvalue weighted by molar-refractivity contribution is 0.371. The number of nitrogens with one attached hydrogen (secondary N) is 1. The molecule has 102 valence electrons. The summed E-state index contributed by atoms with van der Waals surface area (Å²) in [6.07, 6.45) is 0. The third kappa shape index (κ3) is 4.71. The summed E-state index contributed by atoms with van der Waals surface area (Å²) in [5.74, 6) is 2.89. The Morgan fingerprint density at radius 1 is 1.50 bits per heavy atom. The number of hydrogen-bond donors (Lipinski definition) is 2. The van der Waals surface area contributed by atoms with Crippen molar-refractivity contribution in [2.24, 2.45) is 0 Å². The van der Waals surface area contributed by atoms with Crippen LogP contribution in [0.4, 0.5) is 0 Å². The second kappa shape index (κ2) is 7.92. The van der Waals surface area contributed by atoms with Gasteiger partial charge in [-0.2, -0.15) is 11.8 Å². The summed E-state index contributed by atoms with van der Waals surface area (Å²) >= 11 is 5.25. The fourth-order valence-corrected chi connectivity index (χ4v) is 2.73. The standard InChI is InChI=1S/C13H20BrNO2S/c1-4-18-8-9(2)15-7-10-5-11(14)13(16)12(6-10)17-3/h5-6,9,15-16H,4,7-8H2,1-3H3. The van der Waals surface area contributed by atoms with Crippen LogP contribution in [-0.4, -0.2) is 29.8 Å². The summed E-state index contributed by atoms with van der Waals surface area (Å²) < 4.78 is 5.79. The maximum Gasteiger partial charge on any atom is 0.172 e. The van der Waals surface area contributed by atoms with E-state index in [4.69, 9.17) is 4.74 Å². The number of hydrogen-bond acceptors (Lipinski definition) is 4. The van der Waals surface area contributed by atoms with Crippen LogP contribution < -0.4 is 10.1 Å². The minimum atomic E-state index is 0.149. The van der Waals surface area contributed by atoms with E-state index >= 15 is 0 Å². The van der Waals surface area contributed by atoms with Gasteiger partial charge in [0, 0.05) is 18.3 Å². The molecule has 3 nitrogen and oxygen atoms in total. The normalized spacial score (nSPS) is 12.4. The highest BCUT2D eigenvalue weighted by molar-refractivity contribution is 9.10. The van der Waals surface area contributed by atoms with Crippen LogP contribution in [0.1, 0.15) is 19.4 Å². The lowest BCUT2D eigenvalue weighted by Gasteiger charge is -2.14. The Hall–Kier alpha value is -0.390. The molecular formula is C13H20BrNO2S. The first-order valence-corrected chi connectivity index (χ1v) is 7.89. The van der Waals surface area contributed by atoms with Crippen LogP contribution in [0.2, 0.25) is 0 Å². The SMILES string of the molecule is CCSCC(C)NCc1cc(Br)c(O)c(OC)c1. The molecule has 0 aromatic heterocycles. The molecule has 1 aromatic carbocycles. The van der Waals surface area contributed by atoms with E-state index in [0.717, 1.165) is 23.6 Å². The van der Waals surface area contributed by atoms with E-state index in [1.54, 1.807) is 7.11 Å². The largest absolute Gasteiger partial charge is 0.503 e. The molecular weight excluding hydrogens is 314 g/mol. The third-order valence-corrected chi connectivity index (χ3v) is 4.28. The average Bonchev–Trinajstić information content (AvgIpc) is 2.37. The van der Waals surface area contributed by atoms with E-state index in [2.05, 4.69) is 35.1 Å². The first-order chi connectivity index (χ1) is 8.58. The van der Waals surface area contributed by atoms with E-state index in [0.29, 0.717) is 16.3 Å². The molecule has 0 aliphatic rings. The van der Waals surface area contributed by atoms with Crippen LogP contribution in [0.3, 0.4) is 0 Å². The number of thioether (sulfide) groups is 1. The summed E-state index contributed by atoms with van der Waals surface area (Å²) in [7, 11) is 1.55. The Morgan fingerprint density at radius 3 is 2.83 bits per heavy atom. The Labute approximate surface area is 121 Å². The molecule has 0 bridgehead atoms. The van der Waals surface area contributed by atoms with Gasteiger partial charge in [0.15, 0.2) is 11.5 Å². The van der Waals surface area contributed by atoms with Crippen molar-refractivity contribution in [3.63, 3.8) is 0 Å². The highest BCUT2D eigenvalue weighted by Gasteiger charge is 2.09. The van der Waals surface area contributed by atoms with Crippen LogP contribution >= 0.6 is 27.7 Å². The first-order valence-electron chi connectivity index (χ1n) is 5.95. The highest BCUT2D eigenvalue weighted by atomic mass is 79.9. The lowest BCUT2D eigenvalue weighted by atomic mass is 10.2. The molecule has 1 aromatic rings. The number of phenolic OH excluding ortho intramolecular Hbond substituents is 1. The molecule has 0 heterocycles. The van der Waals surface area contributed by atoms with Crippen LogP contribution in [0.5, 0.6) is 11.5 Å². The minimum absolute atomic E-state index is 0.149. The van der Waals surface area contributed by atoms with E-state index < -0.39 is 0 Å². The van der Waals surface area contributed by atoms with Gasteiger partial charge in [0.2, 0.25) is 0 Å². The van der Waals surface area contributed by atoms with Crippen molar-refractivity contribution in [2.75, 3.05) is 18.6 Å². The summed E-state index contributed by atoms with van der Waals surface area (Å²) in [6.45, 7) is 5.11. The molecule has 1 unspecified atom stereocenters. The summed E-state index contributed by atoms with van der Waals surface area (Å²) in [5, 5.41) is 13.2. The molecule has 1 rings (SSSR count). The molecule has 1 atom stereocenters. The Bertz CT molecular complexity index is 387. The Morgan fingerprint density at radius 2 is 2.22 bits per heavy atom. The average molecular weight is 334 g/mol. The van der Waals surface area contributed by atoms with Crippen LogP contribution in [-0.2, 0) is 6.54 Å². The van der Waals surface area contributed by atoms with Gasteiger partial charge in [-0.05, 0) is 46.3 Å². The molecule has 0 saturated heterocycles. The van der Waals surface area contributed by atoms with Crippen LogP contribution in [0, 0.1) is 0 Å². The predicted molar refractivity (Wildman–Crippen MR) is 81.7 cm³/mol. The van der Waals surface area contributed by atoms with Crippen molar-refractivity contribution in [3.8, 4) is 11.5 Å². The zero-order valence-corrected chi connectivity index (χ0v) is 13.4. The van der Waals surface area contributed by atoms with Crippen molar-refractivity contribution in [2.45, 2.75) is 26.4 Å². The van der Waals surface area contributed by atoms with Crippen LogP contribution in [0.15, 0.2) is 16.6 Å². The van der Waals surface area contributed by atoms with Gasteiger partial charge in [-0.3, -0.25) is 0 Å². The van der Waals surface area contributed by atoms with E-state index in [1.165, 1.54) is 0 Å². The number of aromatic hydroxyl groups is 1. The number of rotatable bonds is 7. The van der Waals surface area contributed by atoms with Crippen molar-refractivity contribution in [1.29, 1.82) is 0 Å². The first kappa shape index (κ1) is 15.7. The molecule has 0 amide bonds. The maximum absolute atomic E-state index is 9.72. The Kier molecular flexibility index (Phi) is 6.89. The molecule has 0 aliphatic carbocycles. The fourth-order valence-electron chi connectivity index (χ4n) is 1.53. The van der Waals surface area contributed by atoms with Gasteiger partial charge in [0.1, 0.15) is 0 Å². The molecule has 5 heteroatoms. The number of ether oxygens (including phenoxy) is 1. The quantitative estimate of drug-likeness (QED) is 0.802. The van der Waals surface area contributed by atoms with Crippen LogP contribution in [0.25, 0.3) is 0 Å². The maximum atomic E-state index is 9.72. The highest BCUT2D eigenvalue weighted by Crippen LogP contribution is 2.35. The third-order valence-electron chi connectivity index (χ3n) is 2.53. The molecule has 0 fully saturated rings. The second-order valence-corrected chi connectivity index (χ2v) is 6.24. The summed E-state index contributed by atoms with van der Waals surface area (Å²) in [4.78, 5) is 0. The van der Waals surface area contributed by atoms with Gasteiger partial charge < -0.3 is 15.2 Å². The minimum Gasteiger partial charge on any atom is -0.503 e. The van der Waals surface area contributed by atoms with Gasteiger partial charge in [0.25, 0.3) is 0 Å². The molecule has 0 aliphatic heterocycles. The Balaban J connectivity index is 2.59.